The van der Waals surface area contributed by atoms with E-state index in [0.29, 0.717) is 5.92 Å². The SMILES string of the molecule is CC1CCCCC(C(=O)O)C1(C)C. The Bertz CT molecular complexity index is 196. The minimum absolute atomic E-state index is 0.0394. The molecule has 1 rings (SSSR count). The Balaban J connectivity index is 2.84. The van der Waals surface area contributed by atoms with Crippen LogP contribution in [0.2, 0.25) is 0 Å². The lowest BCUT2D eigenvalue weighted by molar-refractivity contribution is -0.147. The van der Waals surface area contributed by atoms with Gasteiger partial charge in [0, 0.05) is 0 Å². The van der Waals surface area contributed by atoms with Crippen molar-refractivity contribution in [2.24, 2.45) is 17.3 Å². The first-order valence-electron chi connectivity index (χ1n) is 5.19. The molecule has 0 aromatic rings. The molecule has 2 nitrogen and oxygen atoms in total. The fourth-order valence-electron chi connectivity index (χ4n) is 2.33. The summed E-state index contributed by atoms with van der Waals surface area (Å²) in [6.45, 7) is 6.38. The van der Waals surface area contributed by atoms with E-state index in [0.717, 1.165) is 12.8 Å². The molecule has 0 radical (unpaired) electrons. The van der Waals surface area contributed by atoms with Gasteiger partial charge in [-0.05, 0) is 17.8 Å². The fourth-order valence-corrected chi connectivity index (χ4v) is 2.33. The maximum Gasteiger partial charge on any atom is 0.307 e. The molecule has 1 aliphatic rings. The normalized spacial score (nSPS) is 33.8. The predicted molar refractivity (Wildman–Crippen MR) is 52.5 cm³/mol. The average Bonchev–Trinajstić information content (AvgIpc) is 2.12. The van der Waals surface area contributed by atoms with Crippen LogP contribution in [0.25, 0.3) is 0 Å². The van der Waals surface area contributed by atoms with E-state index in [1.54, 1.807) is 0 Å². The van der Waals surface area contributed by atoms with Gasteiger partial charge in [0.2, 0.25) is 0 Å². The van der Waals surface area contributed by atoms with Crippen LogP contribution in [0.3, 0.4) is 0 Å². The summed E-state index contributed by atoms with van der Waals surface area (Å²) in [6.07, 6.45) is 4.29. The zero-order valence-electron chi connectivity index (χ0n) is 8.84. The van der Waals surface area contributed by atoms with Crippen molar-refractivity contribution in [3.05, 3.63) is 0 Å². The smallest absolute Gasteiger partial charge is 0.307 e. The summed E-state index contributed by atoms with van der Waals surface area (Å²) in [5.41, 5.74) is -0.0394. The fraction of sp³-hybridized carbons (Fsp3) is 0.909. The summed E-state index contributed by atoms with van der Waals surface area (Å²) in [5.74, 6) is -0.236. The highest BCUT2D eigenvalue weighted by Gasteiger charge is 2.40. The number of hydrogen-bond donors (Lipinski definition) is 1. The molecule has 0 heterocycles. The molecule has 2 unspecified atom stereocenters. The lowest BCUT2D eigenvalue weighted by Gasteiger charge is -2.35. The van der Waals surface area contributed by atoms with Crippen LogP contribution in [0.4, 0.5) is 0 Å². The summed E-state index contributed by atoms with van der Waals surface area (Å²) in [6, 6.07) is 0. The highest BCUT2D eigenvalue weighted by molar-refractivity contribution is 5.71. The van der Waals surface area contributed by atoms with Crippen molar-refractivity contribution in [1.29, 1.82) is 0 Å². The predicted octanol–water partition coefficient (Wildman–Crippen LogP) is 2.92. The average molecular weight is 184 g/mol. The molecule has 1 N–H and O–H groups in total. The monoisotopic (exact) mass is 184 g/mol. The number of carboxylic acids is 1. The molecule has 13 heavy (non-hydrogen) atoms. The molecule has 0 aliphatic heterocycles. The Labute approximate surface area is 80.3 Å². The van der Waals surface area contributed by atoms with E-state index < -0.39 is 5.97 Å². The highest BCUT2D eigenvalue weighted by Crippen LogP contribution is 2.43. The van der Waals surface area contributed by atoms with Gasteiger partial charge in [-0.2, -0.15) is 0 Å². The maximum atomic E-state index is 11.1. The van der Waals surface area contributed by atoms with Crippen LogP contribution in [0.15, 0.2) is 0 Å². The summed E-state index contributed by atoms with van der Waals surface area (Å²) in [4.78, 5) is 11.1. The Morgan fingerprint density at radius 3 is 2.38 bits per heavy atom. The van der Waals surface area contributed by atoms with Gasteiger partial charge in [-0.15, -0.1) is 0 Å². The van der Waals surface area contributed by atoms with Crippen LogP contribution >= 0.6 is 0 Å². The Morgan fingerprint density at radius 2 is 1.85 bits per heavy atom. The molecule has 2 heteroatoms. The van der Waals surface area contributed by atoms with Gasteiger partial charge in [0.1, 0.15) is 0 Å². The molecule has 0 saturated heterocycles. The molecule has 1 saturated carbocycles. The van der Waals surface area contributed by atoms with Crippen molar-refractivity contribution < 1.29 is 9.90 Å². The minimum Gasteiger partial charge on any atom is -0.481 e. The second kappa shape index (κ2) is 3.69. The van der Waals surface area contributed by atoms with Crippen LogP contribution < -0.4 is 0 Å². The minimum atomic E-state index is -0.612. The largest absolute Gasteiger partial charge is 0.481 e. The van der Waals surface area contributed by atoms with E-state index in [1.165, 1.54) is 12.8 Å². The van der Waals surface area contributed by atoms with Crippen molar-refractivity contribution in [2.45, 2.75) is 46.5 Å². The van der Waals surface area contributed by atoms with E-state index in [-0.39, 0.29) is 11.3 Å². The Morgan fingerprint density at radius 1 is 1.31 bits per heavy atom. The standard InChI is InChI=1S/C11H20O2/c1-8-6-4-5-7-9(10(12)13)11(8,2)3/h8-9H,4-7H2,1-3H3,(H,12,13). The van der Waals surface area contributed by atoms with Crippen molar-refractivity contribution in [3.63, 3.8) is 0 Å². The molecule has 0 bridgehead atoms. The quantitative estimate of drug-likeness (QED) is 0.636. The van der Waals surface area contributed by atoms with Gasteiger partial charge >= 0.3 is 5.97 Å². The summed E-state index contributed by atoms with van der Waals surface area (Å²) in [5, 5.41) is 9.12. The van der Waals surface area contributed by atoms with Gasteiger partial charge in [-0.25, -0.2) is 0 Å². The van der Waals surface area contributed by atoms with Crippen molar-refractivity contribution >= 4 is 5.97 Å². The van der Waals surface area contributed by atoms with E-state index in [9.17, 15) is 4.79 Å². The third kappa shape index (κ3) is 2.04. The Kier molecular flexibility index (Phi) is 2.99. The Hall–Kier alpha value is -0.530. The lowest BCUT2D eigenvalue weighted by atomic mass is 9.69. The van der Waals surface area contributed by atoms with Crippen LogP contribution in [0.5, 0.6) is 0 Å². The number of aliphatic carboxylic acids is 1. The molecule has 2 atom stereocenters. The van der Waals surface area contributed by atoms with E-state index in [4.69, 9.17) is 5.11 Å². The molecule has 0 spiro atoms. The van der Waals surface area contributed by atoms with Gasteiger partial charge in [-0.1, -0.05) is 40.0 Å². The first-order valence-corrected chi connectivity index (χ1v) is 5.19. The number of carbonyl (C=O) groups is 1. The van der Waals surface area contributed by atoms with Gasteiger partial charge in [-0.3, -0.25) is 4.79 Å². The summed E-state index contributed by atoms with van der Waals surface area (Å²) >= 11 is 0. The second-order valence-corrected chi connectivity index (χ2v) is 4.90. The molecule has 1 aliphatic carbocycles. The molecule has 0 aromatic heterocycles. The summed E-state index contributed by atoms with van der Waals surface area (Å²) in [7, 11) is 0. The molecule has 76 valence electrons. The second-order valence-electron chi connectivity index (χ2n) is 4.90. The zero-order valence-corrected chi connectivity index (χ0v) is 8.84. The van der Waals surface area contributed by atoms with Crippen LogP contribution in [0.1, 0.15) is 46.5 Å². The number of rotatable bonds is 1. The lowest BCUT2D eigenvalue weighted by Crippen LogP contribution is -2.34. The van der Waals surface area contributed by atoms with Crippen LogP contribution in [-0.2, 0) is 4.79 Å². The van der Waals surface area contributed by atoms with E-state index in [2.05, 4.69) is 20.8 Å². The molecular formula is C11H20O2. The highest BCUT2D eigenvalue weighted by atomic mass is 16.4. The molecule has 0 amide bonds. The van der Waals surface area contributed by atoms with Crippen LogP contribution in [-0.4, -0.2) is 11.1 Å². The van der Waals surface area contributed by atoms with Crippen molar-refractivity contribution in [1.82, 2.24) is 0 Å². The first kappa shape index (κ1) is 10.6. The van der Waals surface area contributed by atoms with Crippen molar-refractivity contribution in [3.8, 4) is 0 Å². The zero-order chi connectivity index (χ0) is 10.1. The number of hydrogen-bond acceptors (Lipinski definition) is 1. The van der Waals surface area contributed by atoms with Crippen molar-refractivity contribution in [2.75, 3.05) is 0 Å². The molecule has 1 fully saturated rings. The molecule has 0 aromatic carbocycles. The van der Waals surface area contributed by atoms with Gasteiger partial charge < -0.3 is 5.11 Å². The van der Waals surface area contributed by atoms with Gasteiger partial charge in [0.15, 0.2) is 0 Å². The number of carboxylic acid groups (broad SMARTS) is 1. The molecular weight excluding hydrogens is 164 g/mol. The summed E-state index contributed by atoms with van der Waals surface area (Å²) < 4.78 is 0. The van der Waals surface area contributed by atoms with Gasteiger partial charge in [0.25, 0.3) is 0 Å². The first-order chi connectivity index (χ1) is 5.96. The maximum absolute atomic E-state index is 11.1. The topological polar surface area (TPSA) is 37.3 Å². The van der Waals surface area contributed by atoms with E-state index in [1.807, 2.05) is 0 Å². The van der Waals surface area contributed by atoms with E-state index >= 15 is 0 Å². The van der Waals surface area contributed by atoms with Gasteiger partial charge in [0.05, 0.1) is 5.92 Å². The third-order valence-electron chi connectivity index (χ3n) is 3.85. The van der Waals surface area contributed by atoms with Crippen LogP contribution in [0, 0.1) is 17.3 Å². The third-order valence-corrected chi connectivity index (χ3v) is 3.85.